The Balaban J connectivity index is 1.77. The molecule has 3 rings (SSSR count). The summed E-state index contributed by atoms with van der Waals surface area (Å²) in [5.41, 5.74) is 0.585. The molecule has 8 nitrogen and oxygen atoms in total. The number of thioether (sulfide) groups is 1. The standard InChI is InChI=1S/C15H12N4O4S/c1-10(24-13-4-2-3-9-18(13)20)14-16-17-15(23-14)11-5-7-12(8-6-11)19(21)22/h2-10H,1H3. The van der Waals surface area contributed by atoms with Crippen molar-refractivity contribution < 1.29 is 14.1 Å². The minimum Gasteiger partial charge on any atom is -0.618 e. The molecule has 2 heterocycles. The van der Waals surface area contributed by atoms with E-state index in [4.69, 9.17) is 4.42 Å². The van der Waals surface area contributed by atoms with Gasteiger partial charge in [-0.15, -0.1) is 10.2 Å². The summed E-state index contributed by atoms with van der Waals surface area (Å²) in [4.78, 5) is 10.2. The van der Waals surface area contributed by atoms with Crippen molar-refractivity contribution in [1.29, 1.82) is 0 Å². The molecule has 122 valence electrons. The van der Waals surface area contributed by atoms with Crippen molar-refractivity contribution in [1.82, 2.24) is 10.2 Å². The zero-order chi connectivity index (χ0) is 17.1. The third-order valence-electron chi connectivity index (χ3n) is 3.20. The number of non-ortho nitro benzene ring substituents is 1. The summed E-state index contributed by atoms with van der Waals surface area (Å²) >= 11 is 1.30. The van der Waals surface area contributed by atoms with Gasteiger partial charge in [-0.2, -0.15) is 4.73 Å². The second-order valence-corrected chi connectivity index (χ2v) is 6.24. The lowest BCUT2D eigenvalue weighted by Crippen LogP contribution is -2.27. The topological polar surface area (TPSA) is 109 Å². The first-order valence-corrected chi connectivity index (χ1v) is 7.85. The number of nitro benzene ring substituents is 1. The van der Waals surface area contributed by atoms with E-state index in [2.05, 4.69) is 10.2 Å². The van der Waals surface area contributed by atoms with Crippen LogP contribution in [0.5, 0.6) is 0 Å². The Labute approximate surface area is 140 Å². The quantitative estimate of drug-likeness (QED) is 0.230. The van der Waals surface area contributed by atoms with E-state index >= 15 is 0 Å². The van der Waals surface area contributed by atoms with E-state index < -0.39 is 4.92 Å². The van der Waals surface area contributed by atoms with Crippen LogP contribution in [0, 0.1) is 15.3 Å². The molecule has 0 bridgehead atoms. The molecule has 0 aliphatic rings. The maximum Gasteiger partial charge on any atom is 0.269 e. The highest BCUT2D eigenvalue weighted by Crippen LogP contribution is 2.33. The molecular weight excluding hydrogens is 332 g/mol. The zero-order valence-electron chi connectivity index (χ0n) is 12.5. The van der Waals surface area contributed by atoms with Crippen LogP contribution >= 0.6 is 11.8 Å². The van der Waals surface area contributed by atoms with Crippen molar-refractivity contribution in [2.75, 3.05) is 0 Å². The van der Waals surface area contributed by atoms with Crippen molar-refractivity contribution in [2.24, 2.45) is 0 Å². The van der Waals surface area contributed by atoms with E-state index in [1.807, 2.05) is 6.92 Å². The van der Waals surface area contributed by atoms with Crippen LogP contribution in [0.2, 0.25) is 0 Å². The van der Waals surface area contributed by atoms with Crippen LogP contribution in [0.4, 0.5) is 5.69 Å². The lowest BCUT2D eigenvalue weighted by atomic mass is 10.2. The normalized spacial score (nSPS) is 12.0. The summed E-state index contributed by atoms with van der Waals surface area (Å²) in [5, 5.41) is 30.6. The summed E-state index contributed by atoms with van der Waals surface area (Å²) in [7, 11) is 0. The van der Waals surface area contributed by atoms with Crippen LogP contribution in [0.3, 0.4) is 0 Å². The Morgan fingerprint density at radius 1 is 1.21 bits per heavy atom. The molecule has 2 aromatic heterocycles. The maximum atomic E-state index is 11.7. The van der Waals surface area contributed by atoms with E-state index in [-0.39, 0.29) is 16.8 Å². The van der Waals surface area contributed by atoms with Gasteiger partial charge in [-0.3, -0.25) is 10.1 Å². The van der Waals surface area contributed by atoms with Crippen LogP contribution in [0.25, 0.3) is 11.5 Å². The van der Waals surface area contributed by atoms with Crippen LogP contribution < -0.4 is 4.73 Å². The van der Waals surface area contributed by atoms with Crippen molar-refractivity contribution in [3.8, 4) is 11.5 Å². The lowest BCUT2D eigenvalue weighted by Gasteiger charge is -2.06. The van der Waals surface area contributed by atoms with Crippen molar-refractivity contribution >= 4 is 17.4 Å². The number of nitrogens with zero attached hydrogens (tertiary/aromatic N) is 4. The number of nitro groups is 1. The second kappa shape index (κ2) is 6.67. The highest BCUT2D eigenvalue weighted by Gasteiger charge is 2.20. The summed E-state index contributed by atoms with van der Waals surface area (Å²) in [5.74, 6) is 0.646. The highest BCUT2D eigenvalue weighted by molar-refractivity contribution is 7.99. The zero-order valence-corrected chi connectivity index (χ0v) is 13.3. The maximum absolute atomic E-state index is 11.7. The molecule has 3 aromatic rings. The minimum absolute atomic E-state index is 0.00788. The third kappa shape index (κ3) is 3.35. The average Bonchev–Trinajstić information content (AvgIpc) is 3.07. The van der Waals surface area contributed by atoms with Crippen molar-refractivity contribution in [3.63, 3.8) is 0 Å². The molecule has 0 fully saturated rings. The van der Waals surface area contributed by atoms with Gasteiger partial charge in [0.1, 0.15) is 0 Å². The van der Waals surface area contributed by atoms with Crippen molar-refractivity contribution in [3.05, 3.63) is 69.9 Å². The Kier molecular flexibility index (Phi) is 4.43. The Hall–Kier alpha value is -2.94. The molecular formula is C15H12N4O4S. The second-order valence-electron chi connectivity index (χ2n) is 4.87. The van der Waals surface area contributed by atoms with E-state index in [0.29, 0.717) is 16.5 Å². The van der Waals surface area contributed by atoms with Gasteiger partial charge in [0.2, 0.25) is 11.8 Å². The average molecular weight is 344 g/mol. The first-order valence-electron chi connectivity index (χ1n) is 6.97. The predicted molar refractivity (Wildman–Crippen MR) is 86.1 cm³/mol. The summed E-state index contributed by atoms with van der Waals surface area (Å²) in [6, 6.07) is 11.0. The number of benzene rings is 1. The molecule has 0 saturated carbocycles. The highest BCUT2D eigenvalue weighted by atomic mass is 32.2. The summed E-state index contributed by atoms with van der Waals surface area (Å²) in [6.07, 6.45) is 1.42. The van der Waals surface area contributed by atoms with Gasteiger partial charge in [-0.05, 0) is 36.9 Å². The fraction of sp³-hybridized carbons (Fsp3) is 0.133. The molecule has 0 saturated heterocycles. The monoisotopic (exact) mass is 344 g/mol. The third-order valence-corrected chi connectivity index (χ3v) is 4.31. The smallest absolute Gasteiger partial charge is 0.269 e. The summed E-state index contributed by atoms with van der Waals surface area (Å²) < 4.78 is 6.39. The molecule has 9 heteroatoms. The molecule has 0 radical (unpaired) electrons. The number of hydrogen-bond donors (Lipinski definition) is 0. The van der Waals surface area contributed by atoms with Crippen LogP contribution in [0.15, 0.2) is 58.1 Å². The van der Waals surface area contributed by atoms with Crippen LogP contribution in [-0.4, -0.2) is 15.1 Å². The Morgan fingerprint density at radius 3 is 2.62 bits per heavy atom. The molecule has 0 amide bonds. The Morgan fingerprint density at radius 2 is 1.96 bits per heavy atom. The van der Waals surface area contributed by atoms with E-state index in [1.165, 1.54) is 30.1 Å². The van der Waals surface area contributed by atoms with Gasteiger partial charge < -0.3 is 9.62 Å². The largest absolute Gasteiger partial charge is 0.618 e. The van der Waals surface area contributed by atoms with E-state index in [0.717, 1.165) is 4.73 Å². The van der Waals surface area contributed by atoms with Gasteiger partial charge in [0.05, 0.1) is 10.2 Å². The number of rotatable bonds is 5. The van der Waals surface area contributed by atoms with Gasteiger partial charge in [-0.25, -0.2) is 0 Å². The van der Waals surface area contributed by atoms with E-state index in [9.17, 15) is 15.3 Å². The SMILES string of the molecule is CC(Sc1cccc[n+]1[O-])c1nnc(-c2ccc([N+](=O)[O-])cc2)o1. The van der Waals surface area contributed by atoms with Gasteiger partial charge in [0.25, 0.3) is 10.7 Å². The first-order chi connectivity index (χ1) is 11.5. The minimum atomic E-state index is -0.472. The summed E-state index contributed by atoms with van der Waals surface area (Å²) in [6.45, 7) is 1.85. The molecule has 1 atom stereocenters. The van der Waals surface area contributed by atoms with Crippen molar-refractivity contribution in [2.45, 2.75) is 17.2 Å². The van der Waals surface area contributed by atoms with Crippen LogP contribution in [-0.2, 0) is 0 Å². The molecule has 0 aliphatic heterocycles. The molecule has 0 N–H and O–H groups in total. The fourth-order valence-corrected chi connectivity index (χ4v) is 2.86. The first kappa shape index (κ1) is 15.9. The molecule has 24 heavy (non-hydrogen) atoms. The molecule has 0 aliphatic carbocycles. The number of aromatic nitrogens is 3. The predicted octanol–water partition coefficient (Wildman–Crippen LogP) is 3.13. The molecule has 0 spiro atoms. The molecule has 1 unspecified atom stereocenters. The van der Waals surface area contributed by atoms with Gasteiger partial charge in [-0.1, -0.05) is 0 Å². The Bertz CT molecular complexity index is 866. The van der Waals surface area contributed by atoms with Gasteiger partial charge in [0.15, 0.2) is 6.20 Å². The van der Waals surface area contributed by atoms with Gasteiger partial charge >= 0.3 is 0 Å². The number of pyridine rings is 1. The number of hydrogen-bond acceptors (Lipinski definition) is 7. The molecule has 1 aromatic carbocycles. The lowest BCUT2D eigenvalue weighted by molar-refractivity contribution is -0.645. The van der Waals surface area contributed by atoms with Gasteiger partial charge in [0, 0.05) is 29.8 Å². The fourth-order valence-electron chi connectivity index (χ4n) is 1.98. The van der Waals surface area contributed by atoms with E-state index in [1.54, 1.807) is 30.3 Å². The van der Waals surface area contributed by atoms with Crippen LogP contribution in [0.1, 0.15) is 18.1 Å².